The van der Waals surface area contributed by atoms with E-state index in [2.05, 4.69) is 10.6 Å². The number of allylic oxidation sites excluding steroid dienone is 1. The lowest BCUT2D eigenvalue weighted by atomic mass is 9.96. The molecule has 0 bridgehead atoms. The number of carbonyl (C=O) groups is 1. The van der Waals surface area contributed by atoms with Gasteiger partial charge in [0.25, 0.3) is 5.91 Å². The topological polar surface area (TPSA) is 88.7 Å². The first-order valence-electron chi connectivity index (χ1n) is 8.41. The number of nitrogens with one attached hydrogen (secondary N) is 2. The van der Waals surface area contributed by atoms with E-state index in [0.29, 0.717) is 11.3 Å². The third kappa shape index (κ3) is 5.14. The molecule has 0 spiro atoms. The van der Waals surface area contributed by atoms with E-state index in [9.17, 15) is 4.79 Å². The molecule has 1 aliphatic carbocycles. The largest absolute Gasteiger partial charge is 0.359 e. The molecule has 1 aromatic carbocycles. The van der Waals surface area contributed by atoms with Crippen molar-refractivity contribution in [1.82, 2.24) is 5.32 Å². The van der Waals surface area contributed by atoms with Crippen LogP contribution in [0.1, 0.15) is 55.3 Å². The van der Waals surface area contributed by atoms with Gasteiger partial charge in [-0.2, -0.15) is 10.5 Å². The van der Waals surface area contributed by atoms with Crippen LogP contribution in [0.5, 0.6) is 0 Å². The Morgan fingerprint density at radius 1 is 1.04 bits per heavy atom. The van der Waals surface area contributed by atoms with Crippen molar-refractivity contribution in [3.63, 3.8) is 0 Å². The summed E-state index contributed by atoms with van der Waals surface area (Å²) in [6, 6.07) is 10.9. The number of carbonyl (C=O) groups excluding carboxylic acids is 1. The Morgan fingerprint density at radius 2 is 1.67 bits per heavy atom. The van der Waals surface area contributed by atoms with Gasteiger partial charge in [-0.3, -0.25) is 4.79 Å². The van der Waals surface area contributed by atoms with Crippen LogP contribution in [0.15, 0.2) is 36.0 Å². The Hall–Kier alpha value is -2.79. The predicted molar refractivity (Wildman–Crippen MR) is 92.9 cm³/mol. The monoisotopic (exact) mass is 322 g/mol. The van der Waals surface area contributed by atoms with Crippen LogP contribution in [0, 0.1) is 22.7 Å². The van der Waals surface area contributed by atoms with Crippen LogP contribution in [0.3, 0.4) is 0 Å². The number of hydrogen-bond acceptors (Lipinski definition) is 4. The van der Waals surface area contributed by atoms with E-state index in [0.717, 1.165) is 25.7 Å². The van der Waals surface area contributed by atoms with Crippen molar-refractivity contribution in [2.45, 2.75) is 51.0 Å². The summed E-state index contributed by atoms with van der Waals surface area (Å²) in [5, 5.41) is 23.6. The molecule has 2 N–H and O–H groups in total. The molecule has 1 aliphatic rings. The Balaban J connectivity index is 2.07. The third-order valence-corrected chi connectivity index (χ3v) is 4.22. The molecular formula is C19H22N4O. The second kappa shape index (κ2) is 9.37. The molecule has 0 radical (unpaired) electrons. The molecule has 5 nitrogen and oxygen atoms in total. The minimum atomic E-state index is -0.118. The van der Waals surface area contributed by atoms with Crippen LogP contribution in [-0.2, 0) is 0 Å². The number of nitriles is 2. The highest BCUT2D eigenvalue weighted by atomic mass is 16.1. The van der Waals surface area contributed by atoms with Gasteiger partial charge in [0.1, 0.15) is 17.7 Å². The molecule has 1 fully saturated rings. The van der Waals surface area contributed by atoms with E-state index >= 15 is 0 Å². The SMILES string of the molecule is N#CC(C#N)=CNc1ccccc1C(=O)NC1CCCCCCC1. The van der Waals surface area contributed by atoms with E-state index in [1.807, 2.05) is 0 Å². The van der Waals surface area contributed by atoms with Gasteiger partial charge in [0, 0.05) is 12.2 Å². The number of benzene rings is 1. The minimum absolute atomic E-state index is 0.0368. The van der Waals surface area contributed by atoms with Crippen molar-refractivity contribution in [2.24, 2.45) is 0 Å². The Bertz CT molecular complexity index is 657. The zero-order valence-electron chi connectivity index (χ0n) is 13.7. The van der Waals surface area contributed by atoms with E-state index in [1.165, 1.54) is 25.5 Å². The van der Waals surface area contributed by atoms with Gasteiger partial charge in [0.05, 0.1) is 11.3 Å². The number of para-hydroxylation sites is 1. The molecule has 0 heterocycles. The van der Waals surface area contributed by atoms with Crippen LogP contribution >= 0.6 is 0 Å². The van der Waals surface area contributed by atoms with Crippen LogP contribution in [0.2, 0.25) is 0 Å². The van der Waals surface area contributed by atoms with Gasteiger partial charge in [0.15, 0.2) is 0 Å². The second-order valence-electron chi connectivity index (χ2n) is 5.99. The normalized spacial score (nSPS) is 15.1. The number of anilines is 1. The lowest BCUT2D eigenvalue weighted by Crippen LogP contribution is -2.35. The Morgan fingerprint density at radius 3 is 2.33 bits per heavy atom. The van der Waals surface area contributed by atoms with E-state index in [-0.39, 0.29) is 17.5 Å². The summed E-state index contributed by atoms with van der Waals surface area (Å²) in [4.78, 5) is 12.6. The first kappa shape index (κ1) is 17.6. The summed E-state index contributed by atoms with van der Waals surface area (Å²) in [6.07, 6.45) is 9.44. The number of rotatable bonds is 4. The van der Waals surface area contributed by atoms with Crippen molar-refractivity contribution in [1.29, 1.82) is 10.5 Å². The molecule has 24 heavy (non-hydrogen) atoms. The molecule has 2 rings (SSSR count). The molecule has 0 unspecified atom stereocenters. The lowest BCUT2D eigenvalue weighted by molar-refractivity contribution is 0.0931. The van der Waals surface area contributed by atoms with Crippen LogP contribution < -0.4 is 10.6 Å². The molecule has 1 amide bonds. The highest BCUT2D eigenvalue weighted by molar-refractivity contribution is 5.99. The smallest absolute Gasteiger partial charge is 0.253 e. The lowest BCUT2D eigenvalue weighted by Gasteiger charge is -2.21. The Kier molecular flexibility index (Phi) is 6.86. The van der Waals surface area contributed by atoms with Gasteiger partial charge >= 0.3 is 0 Å². The van der Waals surface area contributed by atoms with Gasteiger partial charge in [-0.15, -0.1) is 0 Å². The average Bonchev–Trinajstić information content (AvgIpc) is 2.58. The first-order chi connectivity index (χ1) is 11.7. The van der Waals surface area contributed by atoms with Crippen LogP contribution in [-0.4, -0.2) is 11.9 Å². The minimum Gasteiger partial charge on any atom is -0.359 e. The zero-order valence-corrected chi connectivity index (χ0v) is 13.7. The third-order valence-electron chi connectivity index (χ3n) is 4.22. The molecule has 1 aromatic rings. The summed E-state index contributed by atoms with van der Waals surface area (Å²) in [5.74, 6) is -0.118. The molecule has 0 atom stereocenters. The van der Waals surface area contributed by atoms with E-state index < -0.39 is 0 Å². The Labute approximate surface area is 143 Å². The highest BCUT2D eigenvalue weighted by Gasteiger charge is 2.17. The van der Waals surface area contributed by atoms with E-state index in [1.54, 1.807) is 36.4 Å². The first-order valence-corrected chi connectivity index (χ1v) is 8.41. The number of nitrogens with zero attached hydrogens (tertiary/aromatic N) is 2. The summed E-state index contributed by atoms with van der Waals surface area (Å²) in [7, 11) is 0. The predicted octanol–water partition coefficient (Wildman–Crippen LogP) is 3.87. The molecule has 0 aromatic heterocycles. The van der Waals surface area contributed by atoms with Gasteiger partial charge in [-0.1, -0.05) is 44.2 Å². The maximum absolute atomic E-state index is 12.6. The van der Waals surface area contributed by atoms with Gasteiger partial charge in [0.2, 0.25) is 0 Å². The van der Waals surface area contributed by atoms with Crippen molar-refractivity contribution in [3.8, 4) is 12.1 Å². The van der Waals surface area contributed by atoms with Crippen molar-refractivity contribution in [2.75, 3.05) is 5.32 Å². The summed E-state index contributed by atoms with van der Waals surface area (Å²) in [5.41, 5.74) is 1.07. The molecule has 124 valence electrons. The van der Waals surface area contributed by atoms with Crippen molar-refractivity contribution >= 4 is 11.6 Å². The molecule has 0 saturated heterocycles. The maximum Gasteiger partial charge on any atom is 0.253 e. The summed E-state index contributed by atoms with van der Waals surface area (Å²) < 4.78 is 0. The van der Waals surface area contributed by atoms with Gasteiger partial charge < -0.3 is 10.6 Å². The standard InChI is InChI=1S/C19H22N4O/c20-12-15(13-21)14-22-18-11-7-6-10-17(18)19(24)23-16-8-4-2-1-3-5-9-16/h6-7,10-11,14,16,22H,1-5,8-9H2,(H,23,24). The summed E-state index contributed by atoms with van der Waals surface area (Å²) >= 11 is 0. The quantitative estimate of drug-likeness (QED) is 0.823. The second-order valence-corrected chi connectivity index (χ2v) is 5.99. The molecular weight excluding hydrogens is 300 g/mol. The summed E-state index contributed by atoms with van der Waals surface area (Å²) in [6.45, 7) is 0. The fourth-order valence-corrected chi connectivity index (χ4v) is 2.91. The van der Waals surface area contributed by atoms with Crippen LogP contribution in [0.25, 0.3) is 0 Å². The fourth-order valence-electron chi connectivity index (χ4n) is 2.91. The maximum atomic E-state index is 12.6. The molecule has 1 saturated carbocycles. The molecule has 0 aliphatic heterocycles. The van der Waals surface area contributed by atoms with Crippen molar-refractivity contribution in [3.05, 3.63) is 41.6 Å². The highest BCUT2D eigenvalue weighted by Crippen LogP contribution is 2.19. The van der Waals surface area contributed by atoms with Crippen LogP contribution in [0.4, 0.5) is 5.69 Å². The van der Waals surface area contributed by atoms with E-state index in [4.69, 9.17) is 10.5 Å². The number of hydrogen-bond donors (Lipinski definition) is 2. The zero-order chi connectivity index (χ0) is 17.2. The van der Waals surface area contributed by atoms with Gasteiger partial charge in [-0.05, 0) is 25.0 Å². The fraction of sp³-hybridized carbons (Fsp3) is 0.421. The average molecular weight is 322 g/mol. The van der Waals surface area contributed by atoms with Gasteiger partial charge in [-0.25, -0.2) is 0 Å². The number of amides is 1. The van der Waals surface area contributed by atoms with Crippen molar-refractivity contribution < 1.29 is 4.79 Å². The molecule has 5 heteroatoms.